The van der Waals surface area contributed by atoms with Crippen molar-refractivity contribution in [1.82, 2.24) is 5.32 Å². The molecule has 0 aliphatic rings. The summed E-state index contributed by atoms with van der Waals surface area (Å²) in [7, 11) is 0. The highest BCUT2D eigenvalue weighted by molar-refractivity contribution is 6.35. The Balaban J connectivity index is 1.75. The minimum atomic E-state index is -0.885. The number of nitrogens with one attached hydrogen (secondary N) is 1. The van der Waals surface area contributed by atoms with Crippen molar-refractivity contribution in [3.05, 3.63) is 69.5 Å². The van der Waals surface area contributed by atoms with Crippen molar-refractivity contribution in [1.29, 1.82) is 0 Å². The van der Waals surface area contributed by atoms with E-state index in [0.29, 0.717) is 23.0 Å². The summed E-state index contributed by atoms with van der Waals surface area (Å²) in [5, 5.41) is 3.64. The Hall–Kier alpha value is -2.11. The number of rotatable bonds is 6. The molecule has 2 aromatic rings. The molecule has 2 aromatic carbocycles. The molecule has 0 radical (unpaired) electrons. The van der Waals surface area contributed by atoms with Crippen LogP contribution in [0, 0.1) is 5.82 Å². The summed E-state index contributed by atoms with van der Waals surface area (Å²) in [5.41, 5.74) is 0.628. The third-order valence-electron chi connectivity index (χ3n) is 3.16. The molecule has 1 amide bonds. The lowest BCUT2D eigenvalue weighted by atomic mass is 10.1. The first kappa shape index (κ1) is 18.2. The number of amides is 1. The number of halogens is 3. The number of hydrogen-bond donors (Lipinski definition) is 1. The van der Waals surface area contributed by atoms with E-state index in [1.54, 1.807) is 18.2 Å². The lowest BCUT2D eigenvalue weighted by Gasteiger charge is -2.08. The van der Waals surface area contributed by atoms with Gasteiger partial charge >= 0.3 is 5.97 Å². The minimum absolute atomic E-state index is 0.210. The molecular formula is C17H14Cl2FNO3. The van der Waals surface area contributed by atoms with Crippen LogP contribution >= 0.6 is 23.2 Å². The normalized spacial score (nSPS) is 10.3. The fraction of sp³-hybridized carbons (Fsp3) is 0.176. The number of carbonyl (C=O) groups is 2. The maximum Gasteiger partial charge on any atom is 0.341 e. The van der Waals surface area contributed by atoms with Gasteiger partial charge in [-0.1, -0.05) is 41.4 Å². The molecule has 2 rings (SSSR count). The van der Waals surface area contributed by atoms with Gasteiger partial charge in [-0.25, -0.2) is 9.18 Å². The van der Waals surface area contributed by atoms with E-state index in [1.807, 2.05) is 0 Å². The van der Waals surface area contributed by atoms with Gasteiger partial charge in [0.15, 0.2) is 6.61 Å². The Morgan fingerprint density at radius 1 is 1.12 bits per heavy atom. The zero-order valence-electron chi connectivity index (χ0n) is 12.5. The summed E-state index contributed by atoms with van der Waals surface area (Å²) in [4.78, 5) is 23.3. The predicted molar refractivity (Wildman–Crippen MR) is 89.9 cm³/mol. The quantitative estimate of drug-likeness (QED) is 0.790. The van der Waals surface area contributed by atoms with Gasteiger partial charge in [0.1, 0.15) is 5.82 Å². The van der Waals surface area contributed by atoms with Crippen LogP contribution in [-0.4, -0.2) is 25.0 Å². The van der Waals surface area contributed by atoms with Gasteiger partial charge in [-0.05, 0) is 36.2 Å². The van der Waals surface area contributed by atoms with Crippen LogP contribution in [0.1, 0.15) is 15.9 Å². The van der Waals surface area contributed by atoms with Gasteiger partial charge in [0.25, 0.3) is 5.91 Å². The molecule has 0 saturated carbocycles. The fourth-order valence-electron chi connectivity index (χ4n) is 1.95. The number of carbonyl (C=O) groups excluding carboxylic acids is 2. The molecule has 0 saturated heterocycles. The lowest BCUT2D eigenvalue weighted by Crippen LogP contribution is -2.30. The van der Waals surface area contributed by atoms with Crippen molar-refractivity contribution >= 4 is 35.1 Å². The summed E-state index contributed by atoms with van der Waals surface area (Å²) in [6.45, 7) is -0.168. The van der Waals surface area contributed by atoms with Crippen LogP contribution in [0.25, 0.3) is 0 Å². The molecule has 0 aromatic heterocycles. The number of ether oxygens (including phenoxy) is 1. The van der Waals surface area contributed by atoms with Crippen LogP contribution in [0.5, 0.6) is 0 Å². The second-order valence-electron chi connectivity index (χ2n) is 4.89. The Morgan fingerprint density at radius 3 is 2.58 bits per heavy atom. The average Bonchev–Trinajstić information content (AvgIpc) is 2.55. The number of hydrogen-bond acceptors (Lipinski definition) is 3. The smallest absolute Gasteiger partial charge is 0.341 e. The maximum atomic E-state index is 13.4. The molecule has 7 heteroatoms. The van der Waals surface area contributed by atoms with Crippen LogP contribution in [0.2, 0.25) is 10.0 Å². The minimum Gasteiger partial charge on any atom is -0.452 e. The van der Waals surface area contributed by atoms with E-state index >= 15 is 0 Å². The topological polar surface area (TPSA) is 55.4 Å². The van der Waals surface area contributed by atoms with Crippen molar-refractivity contribution in [3.63, 3.8) is 0 Å². The van der Waals surface area contributed by atoms with E-state index in [-0.39, 0.29) is 5.56 Å². The molecule has 0 atom stereocenters. The van der Waals surface area contributed by atoms with Gasteiger partial charge in [-0.3, -0.25) is 4.79 Å². The first-order valence-electron chi connectivity index (χ1n) is 7.09. The molecule has 24 heavy (non-hydrogen) atoms. The monoisotopic (exact) mass is 369 g/mol. The van der Waals surface area contributed by atoms with E-state index < -0.39 is 24.3 Å². The van der Waals surface area contributed by atoms with Gasteiger partial charge in [-0.15, -0.1) is 0 Å². The fourth-order valence-corrected chi connectivity index (χ4v) is 2.45. The lowest BCUT2D eigenvalue weighted by molar-refractivity contribution is -0.124. The molecule has 0 bridgehead atoms. The van der Waals surface area contributed by atoms with Gasteiger partial charge < -0.3 is 10.1 Å². The van der Waals surface area contributed by atoms with Crippen LogP contribution in [0.3, 0.4) is 0 Å². The standard InChI is InChI=1S/C17H14Cl2FNO3/c18-12-6-5-11(14(19)9-12)7-8-21-16(22)10-24-17(23)13-3-1-2-4-15(13)20/h1-6,9H,7-8,10H2,(H,21,22). The van der Waals surface area contributed by atoms with Crippen molar-refractivity contribution in [2.45, 2.75) is 6.42 Å². The summed E-state index contributed by atoms with van der Waals surface area (Å²) in [6, 6.07) is 10.5. The second kappa shape index (κ2) is 8.66. The molecule has 4 nitrogen and oxygen atoms in total. The van der Waals surface area contributed by atoms with Gasteiger partial charge in [0.2, 0.25) is 0 Å². The van der Waals surface area contributed by atoms with Crippen molar-refractivity contribution in [2.24, 2.45) is 0 Å². The van der Waals surface area contributed by atoms with Gasteiger partial charge in [0, 0.05) is 16.6 Å². The van der Waals surface area contributed by atoms with E-state index in [4.69, 9.17) is 27.9 Å². The van der Waals surface area contributed by atoms with Crippen LogP contribution in [0.4, 0.5) is 4.39 Å². The SMILES string of the molecule is O=C(COC(=O)c1ccccc1F)NCCc1ccc(Cl)cc1Cl. The first-order valence-corrected chi connectivity index (χ1v) is 7.85. The Kier molecular flexibility index (Phi) is 6.58. The highest BCUT2D eigenvalue weighted by Gasteiger charge is 2.14. The van der Waals surface area contributed by atoms with Gasteiger partial charge in [0.05, 0.1) is 5.56 Å². The van der Waals surface area contributed by atoms with Crippen molar-refractivity contribution in [2.75, 3.05) is 13.2 Å². The van der Waals surface area contributed by atoms with Crippen LogP contribution in [0.15, 0.2) is 42.5 Å². The number of esters is 1. The highest BCUT2D eigenvalue weighted by atomic mass is 35.5. The highest BCUT2D eigenvalue weighted by Crippen LogP contribution is 2.21. The third kappa shape index (κ3) is 5.22. The summed E-state index contributed by atoms with van der Waals surface area (Å²) < 4.78 is 18.2. The van der Waals surface area contributed by atoms with Crippen LogP contribution < -0.4 is 5.32 Å². The predicted octanol–water partition coefficient (Wildman–Crippen LogP) is 3.65. The van der Waals surface area contributed by atoms with E-state index in [9.17, 15) is 14.0 Å². The van der Waals surface area contributed by atoms with E-state index in [2.05, 4.69) is 5.32 Å². The average molecular weight is 370 g/mol. The summed E-state index contributed by atoms with van der Waals surface area (Å²) >= 11 is 11.8. The molecule has 126 valence electrons. The summed E-state index contributed by atoms with van der Waals surface area (Å²) in [5.74, 6) is -2.06. The molecule has 0 aliphatic carbocycles. The zero-order chi connectivity index (χ0) is 17.5. The second-order valence-corrected chi connectivity index (χ2v) is 5.74. The molecule has 0 unspecified atom stereocenters. The molecule has 0 spiro atoms. The molecule has 0 heterocycles. The Bertz CT molecular complexity index is 752. The van der Waals surface area contributed by atoms with Crippen molar-refractivity contribution in [3.8, 4) is 0 Å². The molecule has 0 fully saturated rings. The van der Waals surface area contributed by atoms with E-state index in [0.717, 1.165) is 11.6 Å². The largest absolute Gasteiger partial charge is 0.452 e. The first-order chi connectivity index (χ1) is 11.5. The molecule has 0 aliphatic heterocycles. The Labute approximate surface area is 148 Å². The third-order valence-corrected chi connectivity index (χ3v) is 3.75. The van der Waals surface area contributed by atoms with Gasteiger partial charge in [-0.2, -0.15) is 0 Å². The van der Waals surface area contributed by atoms with Crippen LogP contribution in [-0.2, 0) is 16.0 Å². The number of benzene rings is 2. The molecule has 1 N–H and O–H groups in total. The summed E-state index contributed by atoms with van der Waals surface area (Å²) in [6.07, 6.45) is 0.503. The zero-order valence-corrected chi connectivity index (χ0v) is 14.0. The van der Waals surface area contributed by atoms with E-state index in [1.165, 1.54) is 18.2 Å². The molecular weight excluding hydrogens is 356 g/mol. The maximum absolute atomic E-state index is 13.4. The Morgan fingerprint density at radius 2 is 1.88 bits per heavy atom. The van der Waals surface area contributed by atoms with Crippen molar-refractivity contribution < 1.29 is 18.7 Å².